The van der Waals surface area contributed by atoms with Crippen molar-refractivity contribution in [2.24, 2.45) is 0 Å². The molecule has 0 spiro atoms. The smallest absolute Gasteiger partial charge is 0.224 e. The maximum absolute atomic E-state index is 12.7. The van der Waals surface area contributed by atoms with Gasteiger partial charge in [-0.05, 0) is 12.1 Å². The number of halogens is 4. The fourth-order valence-electron chi connectivity index (χ4n) is 0.720. The van der Waals surface area contributed by atoms with Crippen molar-refractivity contribution in [3.63, 3.8) is 0 Å². The summed E-state index contributed by atoms with van der Waals surface area (Å²) < 4.78 is 36.6. The molecular weight excluding hydrogens is 235 g/mol. The lowest BCUT2D eigenvalue weighted by atomic mass is 10.2. The molecule has 66 valence electrons. The summed E-state index contributed by atoms with van der Waals surface area (Å²) >= 11 is 3.04. The van der Waals surface area contributed by atoms with E-state index in [1.165, 1.54) is 6.07 Å². The van der Waals surface area contributed by atoms with E-state index in [1.54, 1.807) is 0 Å². The Kier molecular flexibility index (Phi) is 3.08. The molecule has 0 bridgehead atoms. The van der Waals surface area contributed by atoms with Crippen LogP contribution in [-0.4, -0.2) is 4.98 Å². The molecule has 1 heterocycles. The Balaban J connectivity index is 3.03. The standard InChI is InChI=1S/C7H5BrF3N/c8-3-4-1-2-5(6(9)10)7(11)12-4/h1-2,6H,3H2. The first-order valence-corrected chi connectivity index (χ1v) is 4.26. The number of hydrogen-bond donors (Lipinski definition) is 0. The van der Waals surface area contributed by atoms with E-state index < -0.39 is 17.9 Å². The molecule has 12 heavy (non-hydrogen) atoms. The lowest BCUT2D eigenvalue weighted by Gasteiger charge is -2.01. The van der Waals surface area contributed by atoms with Crippen molar-refractivity contribution in [1.29, 1.82) is 0 Å². The van der Waals surface area contributed by atoms with Gasteiger partial charge >= 0.3 is 0 Å². The van der Waals surface area contributed by atoms with Crippen LogP contribution in [-0.2, 0) is 5.33 Å². The van der Waals surface area contributed by atoms with Crippen molar-refractivity contribution >= 4 is 15.9 Å². The van der Waals surface area contributed by atoms with E-state index in [0.717, 1.165) is 6.07 Å². The fourth-order valence-corrected chi connectivity index (χ4v) is 1.03. The van der Waals surface area contributed by atoms with Gasteiger partial charge in [-0.1, -0.05) is 15.9 Å². The highest BCUT2D eigenvalue weighted by Gasteiger charge is 2.13. The molecule has 5 heteroatoms. The van der Waals surface area contributed by atoms with E-state index in [9.17, 15) is 13.2 Å². The molecule has 0 saturated heterocycles. The summed E-state index contributed by atoms with van der Waals surface area (Å²) in [7, 11) is 0. The third kappa shape index (κ3) is 1.97. The highest BCUT2D eigenvalue weighted by Crippen LogP contribution is 2.21. The highest BCUT2D eigenvalue weighted by molar-refractivity contribution is 9.08. The van der Waals surface area contributed by atoms with Gasteiger partial charge in [-0.2, -0.15) is 4.39 Å². The molecule has 0 unspecified atom stereocenters. The molecular formula is C7H5BrF3N. The zero-order valence-electron chi connectivity index (χ0n) is 5.90. The Labute approximate surface area is 75.7 Å². The molecule has 0 aliphatic heterocycles. The molecule has 1 aromatic rings. The maximum Gasteiger partial charge on any atom is 0.268 e. The van der Waals surface area contributed by atoms with Crippen molar-refractivity contribution in [1.82, 2.24) is 4.98 Å². The van der Waals surface area contributed by atoms with Gasteiger partial charge in [-0.15, -0.1) is 0 Å². The molecule has 0 atom stereocenters. The minimum atomic E-state index is -2.80. The van der Waals surface area contributed by atoms with Gasteiger partial charge in [0.25, 0.3) is 6.43 Å². The minimum Gasteiger partial charge on any atom is -0.224 e. The predicted molar refractivity (Wildman–Crippen MR) is 41.8 cm³/mol. The van der Waals surface area contributed by atoms with Crippen LogP contribution >= 0.6 is 15.9 Å². The van der Waals surface area contributed by atoms with Gasteiger partial charge in [0.2, 0.25) is 5.95 Å². The van der Waals surface area contributed by atoms with E-state index in [-0.39, 0.29) is 0 Å². The van der Waals surface area contributed by atoms with Crippen LogP contribution in [0.4, 0.5) is 13.2 Å². The SMILES string of the molecule is Fc1nc(CBr)ccc1C(F)F. The molecule has 1 rings (SSSR count). The highest BCUT2D eigenvalue weighted by atomic mass is 79.9. The summed E-state index contributed by atoms with van der Waals surface area (Å²) in [5, 5.41) is 0.355. The van der Waals surface area contributed by atoms with E-state index in [2.05, 4.69) is 20.9 Å². The molecule has 0 radical (unpaired) electrons. The summed E-state index contributed by atoms with van der Waals surface area (Å²) in [4.78, 5) is 3.32. The summed E-state index contributed by atoms with van der Waals surface area (Å²) in [6, 6.07) is 2.41. The number of pyridine rings is 1. The molecule has 0 fully saturated rings. The maximum atomic E-state index is 12.7. The quantitative estimate of drug-likeness (QED) is 0.571. The Morgan fingerprint density at radius 1 is 1.42 bits per heavy atom. The van der Waals surface area contributed by atoms with Crippen LogP contribution in [0.15, 0.2) is 12.1 Å². The summed E-state index contributed by atoms with van der Waals surface area (Å²) in [5.41, 5.74) is -0.253. The van der Waals surface area contributed by atoms with Crippen molar-refractivity contribution in [3.05, 3.63) is 29.3 Å². The number of nitrogens with zero attached hydrogens (tertiary/aromatic N) is 1. The zero-order chi connectivity index (χ0) is 9.14. The number of rotatable bonds is 2. The van der Waals surface area contributed by atoms with Crippen LogP contribution < -0.4 is 0 Å². The second-order valence-electron chi connectivity index (χ2n) is 2.12. The van der Waals surface area contributed by atoms with E-state index in [4.69, 9.17) is 0 Å². The average molecular weight is 240 g/mol. The molecule has 1 nitrogen and oxygen atoms in total. The molecule has 0 N–H and O–H groups in total. The van der Waals surface area contributed by atoms with Gasteiger partial charge in [0.05, 0.1) is 11.3 Å². The molecule has 0 saturated carbocycles. The molecule has 1 aromatic heterocycles. The van der Waals surface area contributed by atoms with E-state index in [0.29, 0.717) is 11.0 Å². The largest absolute Gasteiger partial charge is 0.268 e. The van der Waals surface area contributed by atoms with Crippen LogP contribution in [0.2, 0.25) is 0 Å². The first-order chi connectivity index (χ1) is 5.65. The van der Waals surface area contributed by atoms with E-state index in [1.807, 2.05) is 0 Å². The monoisotopic (exact) mass is 239 g/mol. The second-order valence-corrected chi connectivity index (χ2v) is 2.68. The van der Waals surface area contributed by atoms with Crippen molar-refractivity contribution in [2.45, 2.75) is 11.8 Å². The van der Waals surface area contributed by atoms with Gasteiger partial charge in [-0.25, -0.2) is 13.8 Å². The third-order valence-electron chi connectivity index (χ3n) is 1.31. The third-order valence-corrected chi connectivity index (χ3v) is 1.88. The normalized spacial score (nSPS) is 10.8. The fraction of sp³-hybridized carbons (Fsp3) is 0.286. The number of hydrogen-bond acceptors (Lipinski definition) is 1. The van der Waals surface area contributed by atoms with Crippen molar-refractivity contribution in [3.8, 4) is 0 Å². The molecule has 0 aromatic carbocycles. The van der Waals surface area contributed by atoms with Crippen LogP contribution in [0.1, 0.15) is 17.7 Å². The van der Waals surface area contributed by atoms with Crippen LogP contribution in [0.5, 0.6) is 0 Å². The summed E-state index contributed by atoms with van der Waals surface area (Å²) in [5.74, 6) is -1.10. The van der Waals surface area contributed by atoms with Gasteiger partial charge < -0.3 is 0 Å². The average Bonchev–Trinajstić information content (AvgIpc) is 2.03. The number of aromatic nitrogens is 1. The van der Waals surface area contributed by atoms with Gasteiger partial charge in [0.1, 0.15) is 0 Å². The lowest BCUT2D eigenvalue weighted by Crippen LogP contribution is -1.96. The minimum absolute atomic E-state index is 0.355. The first-order valence-electron chi connectivity index (χ1n) is 3.14. The number of alkyl halides is 3. The Morgan fingerprint density at radius 2 is 2.08 bits per heavy atom. The first kappa shape index (κ1) is 9.51. The summed E-state index contributed by atoms with van der Waals surface area (Å²) in [6.45, 7) is 0. The van der Waals surface area contributed by atoms with Crippen LogP contribution in [0.3, 0.4) is 0 Å². The van der Waals surface area contributed by atoms with Gasteiger partial charge in [0.15, 0.2) is 0 Å². The lowest BCUT2D eigenvalue weighted by molar-refractivity contribution is 0.145. The summed E-state index contributed by atoms with van der Waals surface area (Å²) in [6.07, 6.45) is -2.80. The molecule has 0 aliphatic carbocycles. The van der Waals surface area contributed by atoms with Gasteiger partial charge in [0, 0.05) is 5.33 Å². The second kappa shape index (κ2) is 3.89. The zero-order valence-corrected chi connectivity index (χ0v) is 7.48. The van der Waals surface area contributed by atoms with E-state index >= 15 is 0 Å². The Bertz CT molecular complexity index is 277. The van der Waals surface area contributed by atoms with Crippen molar-refractivity contribution < 1.29 is 13.2 Å². The van der Waals surface area contributed by atoms with Crippen molar-refractivity contribution in [2.75, 3.05) is 0 Å². The van der Waals surface area contributed by atoms with Crippen LogP contribution in [0, 0.1) is 5.95 Å². The molecule has 0 aliphatic rings. The van der Waals surface area contributed by atoms with Crippen LogP contribution in [0.25, 0.3) is 0 Å². The topological polar surface area (TPSA) is 12.9 Å². The molecule has 0 amide bonds. The Morgan fingerprint density at radius 3 is 2.50 bits per heavy atom. The predicted octanol–water partition coefficient (Wildman–Crippen LogP) is 3.05. The Hall–Kier alpha value is -0.580. The van der Waals surface area contributed by atoms with Gasteiger partial charge in [-0.3, -0.25) is 0 Å².